The van der Waals surface area contributed by atoms with Crippen molar-refractivity contribution in [1.29, 1.82) is 0 Å². The molecule has 0 aliphatic heterocycles. The number of aliphatic imine (C=N–C) groups is 1. The predicted molar refractivity (Wildman–Crippen MR) is 129 cm³/mol. The first-order chi connectivity index (χ1) is 15.1. The number of allylic oxidation sites excluding steroid dienone is 1. The molecule has 2 heterocycles. The molecule has 0 fully saturated rings. The number of para-hydroxylation sites is 1. The minimum absolute atomic E-state index is 0.590. The Labute approximate surface area is 185 Å². The van der Waals surface area contributed by atoms with Crippen LogP contribution in [0, 0.1) is 6.92 Å². The Bertz CT molecular complexity index is 1330. The lowest BCUT2D eigenvalue weighted by Gasteiger charge is -2.09. The molecule has 0 bridgehead atoms. The van der Waals surface area contributed by atoms with Gasteiger partial charge in [-0.05, 0) is 30.7 Å². The highest BCUT2D eigenvalue weighted by atomic mass is 19.3. The van der Waals surface area contributed by atoms with Crippen molar-refractivity contribution in [3.05, 3.63) is 90.9 Å². The summed E-state index contributed by atoms with van der Waals surface area (Å²) >= 11 is 0. The summed E-state index contributed by atoms with van der Waals surface area (Å²) < 4.78 is 25.4. The van der Waals surface area contributed by atoms with E-state index in [1.807, 2.05) is 24.4 Å². The molecule has 4 aromatic rings. The lowest BCUT2D eigenvalue weighted by molar-refractivity contribution is 0.0623. The Morgan fingerprint density at radius 1 is 1.12 bits per heavy atom. The fourth-order valence-corrected chi connectivity index (χ4v) is 3.22. The van der Waals surface area contributed by atoms with Gasteiger partial charge in [0.2, 0.25) is 0 Å². The van der Waals surface area contributed by atoms with E-state index < -0.39 is 11.6 Å². The number of benzene rings is 2. The van der Waals surface area contributed by atoms with Gasteiger partial charge < -0.3 is 16.0 Å². The topological polar surface area (TPSA) is 82.2 Å². The zero-order chi connectivity index (χ0) is 23.5. The predicted octanol–water partition coefficient (Wildman–Crippen LogP) is 5.56. The maximum Gasteiger partial charge on any atom is 0.283 e. The Balaban J connectivity index is 0.000000360. The third-order valence-corrected chi connectivity index (χ3v) is 4.95. The molecule has 0 atom stereocenters. The van der Waals surface area contributed by atoms with Crippen molar-refractivity contribution in [2.45, 2.75) is 19.8 Å². The van der Waals surface area contributed by atoms with Crippen LogP contribution in [0.1, 0.15) is 18.1 Å². The first-order valence-corrected chi connectivity index (χ1v) is 9.85. The summed E-state index contributed by atoms with van der Waals surface area (Å²) in [7, 11) is 0. The molecular weight excluding hydrogens is 408 g/mol. The summed E-state index contributed by atoms with van der Waals surface area (Å²) in [5, 5.41) is 2.20. The van der Waals surface area contributed by atoms with E-state index in [1.165, 1.54) is 11.9 Å². The molecule has 5 nitrogen and oxygen atoms in total. The summed E-state index contributed by atoms with van der Waals surface area (Å²) in [6, 6.07) is 16.6. The third kappa shape index (κ3) is 4.67. The number of fused-ring (bicyclic) bond motifs is 2. The van der Waals surface area contributed by atoms with Crippen LogP contribution in [0.15, 0.2) is 84.8 Å². The van der Waals surface area contributed by atoms with E-state index in [0.29, 0.717) is 12.6 Å². The van der Waals surface area contributed by atoms with Gasteiger partial charge in [0.1, 0.15) is 0 Å². The maximum absolute atomic E-state index is 11.6. The molecule has 4 N–H and O–H groups in total. The van der Waals surface area contributed by atoms with Gasteiger partial charge in [-0.2, -0.15) is 0 Å². The van der Waals surface area contributed by atoms with Crippen molar-refractivity contribution in [2.75, 3.05) is 0 Å². The molecule has 0 unspecified atom stereocenters. The molecule has 0 amide bonds. The number of hydrogen-bond donors (Lipinski definition) is 2. The monoisotopic (exact) mass is 433 g/mol. The third-order valence-electron chi connectivity index (χ3n) is 4.95. The van der Waals surface area contributed by atoms with Gasteiger partial charge in [0, 0.05) is 35.7 Å². The van der Waals surface area contributed by atoms with E-state index >= 15 is 0 Å². The van der Waals surface area contributed by atoms with Crippen LogP contribution in [0.3, 0.4) is 0 Å². The first kappa shape index (κ1) is 22.7. The molecule has 0 aliphatic rings. The standard InChI is InChI=1S/C21H18N4.C4H7F2N/c1-14-7-8-17-19(11-14)23-10-9-21(17)25-12-18(15(2)24-13-22)16-5-3-4-6-20(16)25;1-3(7)4(2,5)6/h3-13H,2H2,1H3,(H2,22,24);1,7H2,2H3. The van der Waals surface area contributed by atoms with Gasteiger partial charge in [-0.15, -0.1) is 0 Å². The molecule has 164 valence electrons. The Kier molecular flexibility index (Phi) is 6.39. The number of pyridine rings is 1. The average molecular weight is 434 g/mol. The van der Waals surface area contributed by atoms with Crippen LogP contribution in [0.25, 0.3) is 33.2 Å². The highest BCUT2D eigenvalue weighted by Crippen LogP contribution is 2.32. The smallest absolute Gasteiger partial charge is 0.283 e. The van der Waals surface area contributed by atoms with Crippen molar-refractivity contribution in [3.63, 3.8) is 0 Å². The van der Waals surface area contributed by atoms with E-state index in [9.17, 15) is 8.78 Å². The van der Waals surface area contributed by atoms with Crippen LogP contribution in [-0.4, -0.2) is 21.8 Å². The number of aromatic nitrogens is 2. The van der Waals surface area contributed by atoms with Gasteiger partial charge in [0.05, 0.1) is 34.5 Å². The first-order valence-electron chi connectivity index (χ1n) is 9.85. The second-order valence-corrected chi connectivity index (χ2v) is 7.42. The molecule has 7 heteroatoms. The normalized spacial score (nSPS) is 11.5. The Morgan fingerprint density at radius 2 is 1.81 bits per heavy atom. The highest BCUT2D eigenvalue weighted by molar-refractivity contribution is 5.97. The van der Waals surface area contributed by atoms with Crippen LogP contribution < -0.4 is 11.5 Å². The summed E-state index contributed by atoms with van der Waals surface area (Å²) in [4.78, 5) is 8.67. The molecule has 2 aromatic carbocycles. The summed E-state index contributed by atoms with van der Waals surface area (Å²) in [5.41, 5.74) is 15.5. The van der Waals surface area contributed by atoms with Gasteiger partial charge in [0.25, 0.3) is 5.92 Å². The van der Waals surface area contributed by atoms with Crippen molar-refractivity contribution in [2.24, 2.45) is 16.5 Å². The van der Waals surface area contributed by atoms with E-state index in [4.69, 9.17) is 5.73 Å². The van der Waals surface area contributed by atoms with E-state index in [2.05, 4.69) is 76.9 Å². The number of halogens is 2. The van der Waals surface area contributed by atoms with E-state index in [0.717, 1.165) is 33.1 Å². The second-order valence-electron chi connectivity index (χ2n) is 7.42. The maximum atomic E-state index is 11.6. The molecule has 0 saturated carbocycles. The van der Waals surface area contributed by atoms with Crippen molar-refractivity contribution < 1.29 is 8.78 Å². The van der Waals surface area contributed by atoms with Gasteiger partial charge in [-0.1, -0.05) is 43.5 Å². The zero-order valence-electron chi connectivity index (χ0n) is 18.0. The average Bonchev–Trinajstić information content (AvgIpc) is 3.13. The molecule has 2 aromatic heterocycles. The van der Waals surface area contributed by atoms with Crippen LogP contribution in [0.2, 0.25) is 0 Å². The lowest BCUT2D eigenvalue weighted by atomic mass is 10.1. The minimum atomic E-state index is -2.92. The molecule has 0 saturated heterocycles. The largest absolute Gasteiger partial charge is 0.398 e. The van der Waals surface area contributed by atoms with Crippen LogP contribution in [-0.2, 0) is 0 Å². The number of alkyl halides is 2. The number of nitrogens with zero attached hydrogens (tertiary/aromatic N) is 3. The lowest BCUT2D eigenvalue weighted by Crippen LogP contribution is -2.19. The van der Waals surface area contributed by atoms with Gasteiger partial charge in [0.15, 0.2) is 0 Å². The summed E-state index contributed by atoms with van der Waals surface area (Å²) in [5.74, 6) is -2.92. The number of hydrogen-bond acceptors (Lipinski definition) is 3. The highest BCUT2D eigenvalue weighted by Gasteiger charge is 2.22. The molecule has 4 rings (SSSR count). The second kappa shape index (κ2) is 9.01. The van der Waals surface area contributed by atoms with Crippen molar-refractivity contribution >= 4 is 33.8 Å². The van der Waals surface area contributed by atoms with Crippen LogP contribution >= 0.6 is 0 Å². The van der Waals surface area contributed by atoms with Gasteiger partial charge >= 0.3 is 0 Å². The van der Waals surface area contributed by atoms with E-state index in [1.54, 1.807) is 0 Å². The fraction of sp³-hybridized carbons (Fsp3) is 0.120. The zero-order valence-corrected chi connectivity index (χ0v) is 18.0. The van der Waals surface area contributed by atoms with Crippen molar-refractivity contribution in [1.82, 2.24) is 9.55 Å². The fourth-order valence-electron chi connectivity index (χ4n) is 3.22. The number of nitrogens with two attached hydrogens (primary N) is 2. The van der Waals surface area contributed by atoms with Crippen LogP contribution in [0.4, 0.5) is 8.78 Å². The van der Waals surface area contributed by atoms with Gasteiger partial charge in [-0.25, -0.2) is 13.8 Å². The Hall–Kier alpha value is -4.00. The SMILES string of the molecule is C=C(N)C(C)(F)F.C=C(N=CN)c1cn(-c2ccnc3cc(C)ccc23)c2ccccc12. The van der Waals surface area contributed by atoms with E-state index in [-0.39, 0.29) is 0 Å². The molecule has 0 aliphatic carbocycles. The van der Waals surface area contributed by atoms with Crippen LogP contribution in [0.5, 0.6) is 0 Å². The molecule has 0 spiro atoms. The Morgan fingerprint density at radius 3 is 2.47 bits per heavy atom. The minimum Gasteiger partial charge on any atom is -0.398 e. The number of rotatable bonds is 4. The summed E-state index contributed by atoms with van der Waals surface area (Å²) in [6.07, 6.45) is 5.19. The molecule has 0 radical (unpaired) electrons. The quantitative estimate of drug-likeness (QED) is 0.327. The van der Waals surface area contributed by atoms with Gasteiger partial charge in [-0.3, -0.25) is 4.98 Å². The summed E-state index contributed by atoms with van der Waals surface area (Å²) in [6.45, 7) is 9.68. The van der Waals surface area contributed by atoms with Crippen molar-refractivity contribution in [3.8, 4) is 5.69 Å². The number of aryl methyl sites for hydroxylation is 1. The molecule has 32 heavy (non-hydrogen) atoms. The molecular formula is C25H25F2N5.